The van der Waals surface area contributed by atoms with Crippen LogP contribution >= 0.6 is 0 Å². The second kappa shape index (κ2) is 4.67. The minimum atomic E-state index is 0.662. The number of rotatable bonds is 3. The predicted molar refractivity (Wildman–Crippen MR) is 54.3 cm³/mol. The highest BCUT2D eigenvalue weighted by molar-refractivity contribution is 5.37. The zero-order chi connectivity index (χ0) is 9.68. The molecular weight excluding hydrogens is 158 g/mol. The van der Waals surface area contributed by atoms with Gasteiger partial charge in [-0.25, -0.2) is 0 Å². The Morgan fingerprint density at radius 2 is 2.08 bits per heavy atom. The Morgan fingerprint density at radius 1 is 1.38 bits per heavy atom. The van der Waals surface area contributed by atoms with Crippen LogP contribution in [0.25, 0.3) is 0 Å². The molecule has 0 aliphatic carbocycles. The zero-order valence-corrected chi connectivity index (χ0v) is 8.25. The van der Waals surface area contributed by atoms with Crippen LogP contribution in [0.2, 0.25) is 0 Å². The molecule has 1 rings (SSSR count). The van der Waals surface area contributed by atoms with E-state index in [4.69, 9.17) is 5.26 Å². The highest BCUT2D eigenvalue weighted by Crippen LogP contribution is 2.14. The van der Waals surface area contributed by atoms with Gasteiger partial charge in [0.2, 0.25) is 0 Å². The first-order valence-corrected chi connectivity index (χ1v) is 4.76. The van der Waals surface area contributed by atoms with Gasteiger partial charge in [-0.2, -0.15) is 5.26 Å². The molecule has 0 aromatic heterocycles. The number of benzene rings is 1. The van der Waals surface area contributed by atoms with Gasteiger partial charge >= 0.3 is 0 Å². The highest BCUT2D eigenvalue weighted by atomic mass is 14.2. The van der Waals surface area contributed by atoms with Gasteiger partial charge in [0.05, 0.1) is 11.6 Å². The number of nitriles is 1. The van der Waals surface area contributed by atoms with Gasteiger partial charge in [-0.1, -0.05) is 38.5 Å². The molecule has 0 saturated carbocycles. The van der Waals surface area contributed by atoms with Crippen molar-refractivity contribution in [1.29, 1.82) is 5.26 Å². The van der Waals surface area contributed by atoms with Gasteiger partial charge in [0.1, 0.15) is 0 Å². The lowest BCUT2D eigenvalue weighted by Gasteiger charge is -2.08. The summed E-state index contributed by atoms with van der Waals surface area (Å²) in [5.74, 6) is 0.662. The van der Waals surface area contributed by atoms with Crippen LogP contribution in [-0.4, -0.2) is 0 Å². The molecule has 13 heavy (non-hydrogen) atoms. The summed E-state index contributed by atoms with van der Waals surface area (Å²) in [5.41, 5.74) is 2.00. The monoisotopic (exact) mass is 173 g/mol. The van der Waals surface area contributed by atoms with Gasteiger partial charge < -0.3 is 0 Å². The number of hydrogen-bond acceptors (Lipinski definition) is 1. The summed E-state index contributed by atoms with van der Waals surface area (Å²) in [6.45, 7) is 4.40. The van der Waals surface area contributed by atoms with Crippen molar-refractivity contribution < 1.29 is 0 Å². The normalized spacial score (nSPS) is 12.1. The summed E-state index contributed by atoms with van der Waals surface area (Å²) in [6.07, 6.45) is 2.18. The molecule has 1 nitrogen and oxygen atoms in total. The van der Waals surface area contributed by atoms with E-state index < -0.39 is 0 Å². The maximum absolute atomic E-state index is 8.85. The number of hydrogen-bond donors (Lipinski definition) is 0. The van der Waals surface area contributed by atoms with Crippen molar-refractivity contribution in [3.63, 3.8) is 0 Å². The van der Waals surface area contributed by atoms with Crippen molar-refractivity contribution >= 4 is 0 Å². The summed E-state index contributed by atoms with van der Waals surface area (Å²) < 4.78 is 0. The lowest BCUT2D eigenvalue weighted by atomic mass is 9.96. The van der Waals surface area contributed by atoms with Gasteiger partial charge in [0.15, 0.2) is 0 Å². The van der Waals surface area contributed by atoms with E-state index in [1.807, 2.05) is 24.3 Å². The Hall–Kier alpha value is -1.29. The van der Waals surface area contributed by atoms with Crippen LogP contribution in [0.15, 0.2) is 24.3 Å². The molecule has 1 atom stereocenters. The molecule has 0 amide bonds. The quantitative estimate of drug-likeness (QED) is 0.688. The molecule has 1 aromatic carbocycles. The van der Waals surface area contributed by atoms with Gasteiger partial charge in [-0.05, 0) is 24.0 Å². The minimum absolute atomic E-state index is 0.662. The highest BCUT2D eigenvalue weighted by Gasteiger charge is 2.04. The molecular formula is C12H15N. The van der Waals surface area contributed by atoms with Gasteiger partial charge in [-0.3, -0.25) is 0 Å². The van der Waals surface area contributed by atoms with Crippen molar-refractivity contribution in [1.82, 2.24) is 0 Å². The molecule has 0 N–H and O–H groups in total. The van der Waals surface area contributed by atoms with E-state index in [-0.39, 0.29) is 0 Å². The lowest BCUT2D eigenvalue weighted by Crippen LogP contribution is -1.99. The molecule has 0 saturated heterocycles. The van der Waals surface area contributed by atoms with E-state index >= 15 is 0 Å². The van der Waals surface area contributed by atoms with E-state index in [1.54, 1.807) is 0 Å². The van der Waals surface area contributed by atoms with E-state index in [2.05, 4.69) is 19.9 Å². The third kappa shape index (κ3) is 2.59. The van der Waals surface area contributed by atoms with Crippen molar-refractivity contribution in [3.05, 3.63) is 35.4 Å². The van der Waals surface area contributed by atoms with E-state index in [0.717, 1.165) is 12.0 Å². The molecule has 0 fully saturated rings. The fourth-order valence-electron chi connectivity index (χ4n) is 1.33. The third-order valence-corrected chi connectivity index (χ3v) is 2.40. The molecule has 0 radical (unpaired) electrons. The topological polar surface area (TPSA) is 23.8 Å². The largest absolute Gasteiger partial charge is 0.192 e. The molecule has 1 aromatic rings. The van der Waals surface area contributed by atoms with Crippen LogP contribution < -0.4 is 0 Å². The maximum atomic E-state index is 8.85. The Bertz CT molecular complexity index is 309. The first-order chi connectivity index (χ1) is 6.27. The van der Waals surface area contributed by atoms with E-state index in [9.17, 15) is 0 Å². The van der Waals surface area contributed by atoms with Crippen LogP contribution in [0, 0.1) is 17.2 Å². The maximum Gasteiger partial charge on any atom is 0.0994 e. The second-order valence-electron chi connectivity index (χ2n) is 3.49. The Morgan fingerprint density at radius 3 is 2.69 bits per heavy atom. The smallest absolute Gasteiger partial charge is 0.0994 e. The standard InChI is InChI=1S/C12H15N/c1-3-10(2)8-11-6-4-5-7-12(11)9-13/h4-7,10H,3,8H2,1-2H3. The fourth-order valence-corrected chi connectivity index (χ4v) is 1.33. The van der Waals surface area contributed by atoms with E-state index in [0.29, 0.717) is 5.92 Å². The van der Waals surface area contributed by atoms with Crippen LogP contribution in [0.4, 0.5) is 0 Å². The van der Waals surface area contributed by atoms with Crippen LogP contribution in [-0.2, 0) is 6.42 Å². The van der Waals surface area contributed by atoms with E-state index in [1.165, 1.54) is 12.0 Å². The van der Waals surface area contributed by atoms with Crippen LogP contribution in [0.3, 0.4) is 0 Å². The SMILES string of the molecule is CCC(C)Cc1ccccc1C#N. The minimum Gasteiger partial charge on any atom is -0.192 e. The summed E-state index contributed by atoms with van der Waals surface area (Å²) in [4.78, 5) is 0. The molecule has 0 heterocycles. The molecule has 0 bridgehead atoms. The molecule has 0 spiro atoms. The Kier molecular flexibility index (Phi) is 3.52. The molecule has 0 aliphatic rings. The van der Waals surface area contributed by atoms with Crippen molar-refractivity contribution in [2.24, 2.45) is 5.92 Å². The summed E-state index contributed by atoms with van der Waals surface area (Å²) in [7, 11) is 0. The van der Waals surface area contributed by atoms with Gasteiger partial charge in [0.25, 0.3) is 0 Å². The van der Waals surface area contributed by atoms with Crippen molar-refractivity contribution in [2.75, 3.05) is 0 Å². The average Bonchev–Trinajstić information content (AvgIpc) is 2.18. The van der Waals surface area contributed by atoms with Gasteiger partial charge in [-0.15, -0.1) is 0 Å². The molecule has 0 aliphatic heterocycles. The average molecular weight is 173 g/mol. The predicted octanol–water partition coefficient (Wildman–Crippen LogP) is 3.15. The van der Waals surface area contributed by atoms with Crippen LogP contribution in [0.5, 0.6) is 0 Å². The lowest BCUT2D eigenvalue weighted by molar-refractivity contribution is 0.559. The first kappa shape index (κ1) is 9.80. The summed E-state index contributed by atoms with van der Waals surface area (Å²) in [5, 5.41) is 8.85. The fraction of sp³-hybridized carbons (Fsp3) is 0.417. The Balaban J connectivity index is 2.82. The first-order valence-electron chi connectivity index (χ1n) is 4.76. The molecule has 1 unspecified atom stereocenters. The van der Waals surface area contributed by atoms with Crippen molar-refractivity contribution in [3.8, 4) is 6.07 Å². The third-order valence-electron chi connectivity index (χ3n) is 2.40. The summed E-state index contributed by atoms with van der Waals surface area (Å²) >= 11 is 0. The summed E-state index contributed by atoms with van der Waals surface area (Å²) in [6, 6.07) is 10.1. The number of nitrogens with zero attached hydrogens (tertiary/aromatic N) is 1. The molecule has 1 heteroatoms. The zero-order valence-electron chi connectivity index (χ0n) is 8.25. The van der Waals surface area contributed by atoms with Gasteiger partial charge in [0, 0.05) is 0 Å². The van der Waals surface area contributed by atoms with Crippen LogP contribution in [0.1, 0.15) is 31.4 Å². The second-order valence-corrected chi connectivity index (χ2v) is 3.49. The Labute approximate surface area is 80.0 Å². The molecule has 68 valence electrons. The van der Waals surface area contributed by atoms with Crippen molar-refractivity contribution in [2.45, 2.75) is 26.7 Å².